The molecule has 202 valence electrons. The van der Waals surface area contributed by atoms with Crippen molar-refractivity contribution in [3.05, 3.63) is 82.5 Å². The van der Waals surface area contributed by atoms with Crippen molar-refractivity contribution in [3.8, 4) is 11.5 Å². The summed E-state index contributed by atoms with van der Waals surface area (Å²) >= 11 is 0. The molecule has 2 aromatic carbocycles. The van der Waals surface area contributed by atoms with E-state index in [0.29, 0.717) is 28.2 Å². The highest BCUT2D eigenvalue weighted by atomic mass is 16.5. The van der Waals surface area contributed by atoms with Gasteiger partial charge in [-0.25, -0.2) is 0 Å². The normalized spacial score (nSPS) is 21.4. The van der Waals surface area contributed by atoms with E-state index >= 15 is 0 Å². The second-order valence-electron chi connectivity index (χ2n) is 9.69. The third kappa shape index (κ3) is 5.45. The summed E-state index contributed by atoms with van der Waals surface area (Å²) in [5.41, 5.74) is 3.14. The minimum Gasteiger partial charge on any atom is -0.493 e. The Balaban J connectivity index is 1.84. The van der Waals surface area contributed by atoms with Gasteiger partial charge < -0.3 is 35.0 Å². The second kappa shape index (κ2) is 11.8. The van der Waals surface area contributed by atoms with Crippen LogP contribution in [0, 0.1) is 0 Å². The van der Waals surface area contributed by atoms with Crippen molar-refractivity contribution in [3.63, 3.8) is 0 Å². The standard InChI is InChI=1S/C29H34N2O7/c1-17(2)11-24(34)31(15-18-7-5-4-6-8-18)22-14-21(29(36)30-9-10-32)25-20-12-19(16-33)13-23(37-3)27(20)38-28(25)26(22)35/h4-8,11-14,22,25-26,28,32-33,35H,9-10,15-16H2,1-3H3,(H,30,36)/t22-,25+,26+,28+/m1/s1. The van der Waals surface area contributed by atoms with Gasteiger partial charge in [0.25, 0.3) is 0 Å². The zero-order valence-corrected chi connectivity index (χ0v) is 21.8. The number of benzene rings is 2. The number of aliphatic hydroxyl groups is 3. The predicted molar refractivity (Wildman–Crippen MR) is 140 cm³/mol. The first kappa shape index (κ1) is 27.4. The minimum atomic E-state index is -1.18. The van der Waals surface area contributed by atoms with Crippen LogP contribution >= 0.6 is 0 Å². The molecule has 0 bridgehead atoms. The highest BCUT2D eigenvalue weighted by molar-refractivity contribution is 5.96. The van der Waals surface area contributed by atoms with Crippen LogP contribution in [0.15, 0.2) is 65.8 Å². The summed E-state index contributed by atoms with van der Waals surface area (Å²) < 4.78 is 11.7. The van der Waals surface area contributed by atoms with Gasteiger partial charge in [-0.15, -0.1) is 0 Å². The molecular weight excluding hydrogens is 488 g/mol. The van der Waals surface area contributed by atoms with Crippen LogP contribution < -0.4 is 14.8 Å². The number of nitrogens with one attached hydrogen (secondary N) is 1. The Morgan fingerprint density at radius 1 is 1.13 bits per heavy atom. The maximum absolute atomic E-state index is 13.4. The zero-order valence-electron chi connectivity index (χ0n) is 21.8. The largest absolute Gasteiger partial charge is 0.493 e. The number of fused-ring (bicyclic) bond motifs is 3. The van der Waals surface area contributed by atoms with Crippen molar-refractivity contribution < 1.29 is 34.4 Å². The molecule has 38 heavy (non-hydrogen) atoms. The monoisotopic (exact) mass is 522 g/mol. The molecule has 2 amide bonds. The van der Waals surface area contributed by atoms with E-state index in [0.717, 1.165) is 11.1 Å². The first-order valence-corrected chi connectivity index (χ1v) is 12.6. The Hall–Kier alpha value is -3.66. The number of aliphatic hydroxyl groups excluding tert-OH is 3. The van der Waals surface area contributed by atoms with Gasteiger partial charge in [0, 0.05) is 30.3 Å². The van der Waals surface area contributed by atoms with E-state index in [9.17, 15) is 24.9 Å². The fourth-order valence-electron chi connectivity index (χ4n) is 5.06. The molecular formula is C29H34N2O7. The molecule has 2 aromatic rings. The molecule has 1 heterocycles. The van der Waals surface area contributed by atoms with E-state index in [-0.39, 0.29) is 32.2 Å². The summed E-state index contributed by atoms with van der Waals surface area (Å²) in [4.78, 5) is 28.3. The lowest BCUT2D eigenvalue weighted by molar-refractivity contribution is -0.133. The van der Waals surface area contributed by atoms with Gasteiger partial charge in [0.05, 0.1) is 32.3 Å². The number of hydrogen-bond donors (Lipinski definition) is 4. The quantitative estimate of drug-likeness (QED) is 0.370. The predicted octanol–water partition coefficient (Wildman–Crippen LogP) is 1.81. The van der Waals surface area contributed by atoms with E-state index in [2.05, 4.69) is 5.32 Å². The van der Waals surface area contributed by atoms with E-state index in [4.69, 9.17) is 9.47 Å². The van der Waals surface area contributed by atoms with Crippen molar-refractivity contribution in [2.24, 2.45) is 0 Å². The van der Waals surface area contributed by atoms with Crippen LogP contribution in [-0.4, -0.2) is 70.5 Å². The Kier molecular flexibility index (Phi) is 8.51. The Bertz CT molecular complexity index is 1240. The van der Waals surface area contributed by atoms with Crippen molar-refractivity contribution in [1.29, 1.82) is 0 Å². The van der Waals surface area contributed by atoms with Crippen LogP contribution in [-0.2, 0) is 22.7 Å². The lowest BCUT2D eigenvalue weighted by atomic mass is 9.77. The molecule has 4 N–H and O–H groups in total. The van der Waals surface area contributed by atoms with Crippen LogP contribution in [0.4, 0.5) is 0 Å². The molecule has 0 spiro atoms. The number of allylic oxidation sites excluding steroid dienone is 1. The minimum absolute atomic E-state index is 0.0406. The van der Waals surface area contributed by atoms with Crippen molar-refractivity contribution in [2.45, 2.75) is 51.2 Å². The lowest BCUT2D eigenvalue weighted by Gasteiger charge is -2.40. The summed E-state index contributed by atoms with van der Waals surface area (Å²) in [6.45, 7) is 3.39. The molecule has 9 heteroatoms. The van der Waals surface area contributed by atoms with Crippen LogP contribution in [0.2, 0.25) is 0 Å². The molecule has 1 aliphatic carbocycles. The van der Waals surface area contributed by atoms with Gasteiger partial charge in [-0.05, 0) is 43.2 Å². The van der Waals surface area contributed by atoms with Crippen molar-refractivity contribution in [2.75, 3.05) is 20.3 Å². The van der Waals surface area contributed by atoms with Crippen LogP contribution in [0.5, 0.6) is 11.5 Å². The molecule has 4 rings (SSSR count). The number of nitrogens with zero attached hydrogens (tertiary/aromatic N) is 1. The van der Waals surface area contributed by atoms with Crippen LogP contribution in [0.3, 0.4) is 0 Å². The van der Waals surface area contributed by atoms with Crippen LogP contribution in [0.1, 0.15) is 36.5 Å². The average Bonchev–Trinajstić information content (AvgIpc) is 3.30. The fraction of sp³-hybridized carbons (Fsp3) is 0.379. The molecule has 1 aliphatic heterocycles. The van der Waals surface area contributed by atoms with Gasteiger partial charge >= 0.3 is 0 Å². The fourth-order valence-corrected chi connectivity index (χ4v) is 5.06. The average molecular weight is 523 g/mol. The first-order chi connectivity index (χ1) is 18.3. The van der Waals surface area contributed by atoms with E-state index in [1.807, 2.05) is 44.2 Å². The zero-order chi connectivity index (χ0) is 27.4. The topological polar surface area (TPSA) is 129 Å². The number of hydrogen-bond acceptors (Lipinski definition) is 7. The molecule has 0 saturated heterocycles. The Morgan fingerprint density at radius 3 is 2.50 bits per heavy atom. The lowest BCUT2D eigenvalue weighted by Crippen LogP contribution is -2.55. The molecule has 4 atom stereocenters. The van der Waals surface area contributed by atoms with E-state index in [1.54, 1.807) is 18.2 Å². The smallest absolute Gasteiger partial charge is 0.247 e. The summed E-state index contributed by atoms with van der Waals surface area (Å²) in [5, 5.41) is 33.5. The molecule has 2 aliphatic rings. The maximum atomic E-state index is 13.4. The third-order valence-electron chi connectivity index (χ3n) is 6.75. The number of carbonyl (C=O) groups is 2. The molecule has 0 aromatic heterocycles. The van der Waals surface area contributed by atoms with Crippen molar-refractivity contribution in [1.82, 2.24) is 10.2 Å². The summed E-state index contributed by atoms with van der Waals surface area (Å²) in [6, 6.07) is 11.9. The van der Waals surface area contributed by atoms with Gasteiger partial charge in [0.2, 0.25) is 11.8 Å². The number of amides is 2. The van der Waals surface area contributed by atoms with Gasteiger partial charge in [-0.3, -0.25) is 9.59 Å². The number of rotatable bonds is 9. The highest BCUT2D eigenvalue weighted by Gasteiger charge is 2.51. The highest BCUT2D eigenvalue weighted by Crippen LogP contribution is 2.51. The Labute approximate surface area is 222 Å². The summed E-state index contributed by atoms with van der Waals surface area (Å²) in [7, 11) is 1.48. The summed E-state index contributed by atoms with van der Waals surface area (Å²) in [5.74, 6) is -0.664. The number of ether oxygens (including phenoxy) is 2. The van der Waals surface area contributed by atoms with Gasteiger partial charge in [0.15, 0.2) is 11.5 Å². The molecule has 0 radical (unpaired) electrons. The molecule has 0 fully saturated rings. The molecule has 9 nitrogen and oxygen atoms in total. The maximum Gasteiger partial charge on any atom is 0.247 e. The summed E-state index contributed by atoms with van der Waals surface area (Å²) in [6.07, 6.45) is 1.05. The Morgan fingerprint density at radius 2 is 1.87 bits per heavy atom. The molecule has 0 saturated carbocycles. The SMILES string of the molecule is COc1cc(CO)cc2c1O[C@@H]1[C@@H](O)[C@H](N(Cc3ccccc3)C(=O)C=C(C)C)C=C(C(=O)NCCO)[C@H]21. The van der Waals surface area contributed by atoms with Crippen molar-refractivity contribution >= 4 is 11.8 Å². The number of methoxy groups -OCH3 is 1. The second-order valence-corrected chi connectivity index (χ2v) is 9.69. The molecule has 0 unspecified atom stereocenters. The van der Waals surface area contributed by atoms with Crippen LogP contribution in [0.25, 0.3) is 0 Å². The van der Waals surface area contributed by atoms with Gasteiger partial charge in [0.1, 0.15) is 12.2 Å². The third-order valence-corrected chi connectivity index (χ3v) is 6.75. The van der Waals surface area contributed by atoms with E-state index < -0.39 is 30.1 Å². The van der Waals surface area contributed by atoms with Gasteiger partial charge in [-0.1, -0.05) is 35.9 Å². The number of carbonyl (C=O) groups excluding carboxylic acids is 2. The van der Waals surface area contributed by atoms with Gasteiger partial charge in [-0.2, -0.15) is 0 Å². The van der Waals surface area contributed by atoms with E-state index in [1.165, 1.54) is 18.1 Å². The first-order valence-electron chi connectivity index (χ1n) is 12.6.